The smallest absolute Gasteiger partial charge is 0.331 e. The maximum atomic E-state index is 13.0. The van der Waals surface area contributed by atoms with Gasteiger partial charge in [-0.25, -0.2) is 18.1 Å². The van der Waals surface area contributed by atoms with Gasteiger partial charge in [-0.3, -0.25) is 4.79 Å². The van der Waals surface area contributed by atoms with Gasteiger partial charge in [-0.1, -0.05) is 17.7 Å². The SMILES string of the molecule is CC(=O)N(C(=O)N1CCN(S(=O)(=O)c2ccc(Cl)c(C)c2)CC1)C1=CNCC=C1C. The van der Waals surface area contributed by atoms with E-state index >= 15 is 0 Å². The minimum Gasteiger partial charge on any atom is -0.386 e. The summed E-state index contributed by atoms with van der Waals surface area (Å²) in [6.45, 7) is 6.24. The van der Waals surface area contributed by atoms with Crippen molar-refractivity contribution in [3.8, 4) is 0 Å². The minimum absolute atomic E-state index is 0.146. The summed E-state index contributed by atoms with van der Waals surface area (Å²) in [6.07, 6.45) is 3.55. The average Bonchev–Trinajstić information content (AvgIpc) is 2.71. The van der Waals surface area contributed by atoms with Crippen LogP contribution in [0.15, 0.2) is 46.6 Å². The second kappa shape index (κ2) is 8.79. The number of amides is 3. The number of urea groups is 1. The number of hydrogen-bond donors (Lipinski definition) is 1. The van der Waals surface area contributed by atoms with Crippen LogP contribution in [0.3, 0.4) is 0 Å². The number of benzene rings is 1. The number of sulfonamides is 1. The molecule has 0 radical (unpaired) electrons. The Balaban J connectivity index is 1.73. The molecule has 0 saturated carbocycles. The topological polar surface area (TPSA) is 90.0 Å². The van der Waals surface area contributed by atoms with Crippen LogP contribution in [0.25, 0.3) is 0 Å². The number of halogens is 1. The first kappa shape index (κ1) is 22.3. The fourth-order valence-corrected chi connectivity index (χ4v) is 5.05. The number of allylic oxidation sites excluding steroid dienone is 1. The summed E-state index contributed by atoms with van der Waals surface area (Å²) in [6, 6.07) is 4.14. The third-order valence-electron chi connectivity index (χ3n) is 5.19. The zero-order valence-corrected chi connectivity index (χ0v) is 18.8. The van der Waals surface area contributed by atoms with Gasteiger partial charge in [0, 0.05) is 50.9 Å². The molecule has 1 aromatic carbocycles. The van der Waals surface area contributed by atoms with E-state index in [9.17, 15) is 18.0 Å². The number of carbonyl (C=O) groups is 2. The molecule has 162 valence electrons. The maximum absolute atomic E-state index is 13.0. The Morgan fingerprint density at radius 1 is 1.13 bits per heavy atom. The van der Waals surface area contributed by atoms with Gasteiger partial charge in [0.1, 0.15) is 0 Å². The fourth-order valence-electron chi connectivity index (χ4n) is 3.42. The number of nitrogens with zero attached hydrogens (tertiary/aromatic N) is 3. The van der Waals surface area contributed by atoms with E-state index in [1.807, 2.05) is 13.0 Å². The summed E-state index contributed by atoms with van der Waals surface area (Å²) in [7, 11) is -3.69. The maximum Gasteiger partial charge on any atom is 0.331 e. The molecule has 1 aromatic rings. The predicted molar refractivity (Wildman–Crippen MR) is 114 cm³/mol. The van der Waals surface area contributed by atoms with Crippen LogP contribution in [0.1, 0.15) is 19.4 Å². The van der Waals surface area contributed by atoms with Gasteiger partial charge >= 0.3 is 6.03 Å². The van der Waals surface area contributed by atoms with Gasteiger partial charge in [0.25, 0.3) is 0 Å². The number of nitrogens with one attached hydrogen (secondary N) is 1. The molecule has 1 saturated heterocycles. The molecular formula is C20H25ClN4O4S. The Morgan fingerprint density at radius 2 is 1.80 bits per heavy atom. The van der Waals surface area contributed by atoms with Gasteiger partial charge in [0.15, 0.2) is 0 Å². The Labute approximate surface area is 181 Å². The lowest BCUT2D eigenvalue weighted by atomic mass is 10.1. The Bertz CT molecular complexity index is 1030. The number of aryl methyl sites for hydroxylation is 1. The number of imide groups is 1. The van der Waals surface area contributed by atoms with Crippen LogP contribution in [0.5, 0.6) is 0 Å². The van der Waals surface area contributed by atoms with E-state index in [2.05, 4.69) is 5.32 Å². The van der Waals surface area contributed by atoms with E-state index in [1.54, 1.807) is 25.3 Å². The second-order valence-corrected chi connectivity index (χ2v) is 9.61. The van der Waals surface area contributed by atoms with Gasteiger partial charge in [0.05, 0.1) is 10.6 Å². The molecule has 1 N–H and O–H groups in total. The van der Waals surface area contributed by atoms with Crippen LogP contribution in [0.4, 0.5) is 4.79 Å². The Kier molecular flexibility index (Phi) is 6.54. The lowest BCUT2D eigenvalue weighted by Gasteiger charge is -2.37. The van der Waals surface area contributed by atoms with Crippen LogP contribution in [-0.4, -0.2) is 67.2 Å². The fraction of sp³-hybridized carbons (Fsp3) is 0.400. The largest absolute Gasteiger partial charge is 0.386 e. The highest BCUT2D eigenvalue weighted by Gasteiger charge is 2.34. The number of hydrogen-bond acceptors (Lipinski definition) is 5. The molecule has 0 spiro atoms. The standard InChI is InChI=1S/C20H25ClN4O4S/c1-14-6-7-22-13-19(14)25(16(3)26)20(27)23-8-10-24(11-9-23)30(28,29)17-4-5-18(21)15(2)12-17/h4-6,12-13,22H,7-11H2,1-3H3. The van der Waals surface area contributed by atoms with Crippen LogP contribution >= 0.6 is 11.6 Å². The van der Waals surface area contributed by atoms with E-state index in [4.69, 9.17) is 11.6 Å². The molecule has 30 heavy (non-hydrogen) atoms. The van der Waals surface area contributed by atoms with Crippen LogP contribution < -0.4 is 5.32 Å². The van der Waals surface area contributed by atoms with Crippen LogP contribution in [0.2, 0.25) is 5.02 Å². The summed E-state index contributed by atoms with van der Waals surface area (Å²) in [5, 5.41) is 3.52. The Morgan fingerprint density at radius 3 is 2.37 bits per heavy atom. The average molecular weight is 453 g/mol. The molecule has 3 rings (SSSR count). The van der Waals surface area contributed by atoms with E-state index < -0.39 is 22.0 Å². The molecule has 10 heteroatoms. The predicted octanol–water partition coefficient (Wildman–Crippen LogP) is 2.31. The van der Waals surface area contributed by atoms with Crippen molar-refractivity contribution in [2.75, 3.05) is 32.7 Å². The molecule has 0 aliphatic carbocycles. The molecular weight excluding hydrogens is 428 g/mol. The first-order chi connectivity index (χ1) is 14.1. The first-order valence-electron chi connectivity index (χ1n) is 9.59. The van der Waals surface area contributed by atoms with Crippen LogP contribution in [-0.2, 0) is 14.8 Å². The third-order valence-corrected chi connectivity index (χ3v) is 7.51. The Hall–Kier alpha value is -2.36. The van der Waals surface area contributed by atoms with E-state index in [0.717, 1.165) is 10.5 Å². The number of piperazine rings is 1. The number of carbonyl (C=O) groups excluding carboxylic acids is 2. The van der Waals surface area contributed by atoms with E-state index in [-0.39, 0.29) is 31.1 Å². The zero-order chi connectivity index (χ0) is 22.1. The molecule has 2 aliphatic heterocycles. The van der Waals surface area contributed by atoms with E-state index in [1.165, 1.54) is 22.2 Å². The molecule has 3 amide bonds. The minimum atomic E-state index is -3.69. The van der Waals surface area contributed by atoms with Crippen molar-refractivity contribution < 1.29 is 18.0 Å². The van der Waals surface area contributed by atoms with Crippen molar-refractivity contribution in [3.05, 3.63) is 52.3 Å². The molecule has 2 aliphatic rings. The van der Waals surface area contributed by atoms with Crippen LogP contribution in [0, 0.1) is 6.92 Å². The molecule has 8 nitrogen and oxygen atoms in total. The first-order valence-corrected chi connectivity index (χ1v) is 11.4. The van der Waals surface area contributed by atoms with Crippen molar-refractivity contribution in [3.63, 3.8) is 0 Å². The van der Waals surface area contributed by atoms with Gasteiger partial charge in [-0.15, -0.1) is 0 Å². The molecule has 0 atom stereocenters. The normalized spacial score (nSPS) is 17.7. The van der Waals surface area contributed by atoms with Crippen molar-refractivity contribution in [1.29, 1.82) is 0 Å². The highest BCUT2D eigenvalue weighted by Crippen LogP contribution is 2.24. The van der Waals surface area contributed by atoms with Crippen molar-refractivity contribution in [1.82, 2.24) is 19.4 Å². The second-order valence-electron chi connectivity index (χ2n) is 7.26. The summed E-state index contributed by atoms with van der Waals surface area (Å²) in [5.74, 6) is -0.394. The third kappa shape index (κ3) is 4.38. The van der Waals surface area contributed by atoms with Crippen molar-refractivity contribution >= 4 is 33.6 Å². The number of rotatable bonds is 3. The summed E-state index contributed by atoms with van der Waals surface area (Å²) in [4.78, 5) is 28.1. The quantitative estimate of drug-likeness (QED) is 0.760. The molecule has 2 heterocycles. The highest BCUT2D eigenvalue weighted by atomic mass is 35.5. The van der Waals surface area contributed by atoms with Gasteiger partial charge < -0.3 is 10.2 Å². The number of dihydropyridines is 1. The molecule has 0 unspecified atom stereocenters. The zero-order valence-electron chi connectivity index (χ0n) is 17.2. The van der Waals surface area contributed by atoms with Gasteiger partial charge in [0.2, 0.25) is 15.9 Å². The summed E-state index contributed by atoms with van der Waals surface area (Å²) >= 11 is 6.00. The molecule has 1 fully saturated rings. The molecule has 0 bridgehead atoms. The van der Waals surface area contributed by atoms with E-state index in [0.29, 0.717) is 22.8 Å². The van der Waals surface area contributed by atoms with Crippen molar-refractivity contribution in [2.45, 2.75) is 25.7 Å². The van der Waals surface area contributed by atoms with Gasteiger partial charge in [-0.2, -0.15) is 4.31 Å². The summed E-state index contributed by atoms with van der Waals surface area (Å²) < 4.78 is 27.3. The molecule has 0 aromatic heterocycles. The van der Waals surface area contributed by atoms with Crippen molar-refractivity contribution in [2.24, 2.45) is 0 Å². The van der Waals surface area contributed by atoms with Gasteiger partial charge in [-0.05, 0) is 43.2 Å². The summed E-state index contributed by atoms with van der Waals surface area (Å²) in [5.41, 5.74) is 2.02. The monoisotopic (exact) mass is 452 g/mol. The lowest BCUT2D eigenvalue weighted by Crippen LogP contribution is -2.54. The highest BCUT2D eigenvalue weighted by molar-refractivity contribution is 7.89. The lowest BCUT2D eigenvalue weighted by molar-refractivity contribution is -0.124.